The van der Waals surface area contributed by atoms with E-state index in [0.717, 1.165) is 21.8 Å². The van der Waals surface area contributed by atoms with E-state index in [0.29, 0.717) is 11.4 Å². The topological polar surface area (TPSA) is 124 Å². The van der Waals surface area contributed by atoms with Gasteiger partial charge in [-0.1, -0.05) is 55.1 Å². The molecular weight excluding hydrogens is 520 g/mol. The smallest absolute Gasteiger partial charge is 0.325 e. The number of esters is 1. The first-order valence-corrected chi connectivity index (χ1v) is 13.8. The largest absolute Gasteiger partial charge is 0.465 e. The number of thioether (sulfide) groups is 1. The van der Waals surface area contributed by atoms with Crippen LogP contribution in [0.2, 0.25) is 0 Å². The van der Waals surface area contributed by atoms with Crippen LogP contribution in [-0.2, 0) is 32.7 Å². The minimum atomic E-state index is -0.623. The van der Waals surface area contributed by atoms with E-state index in [1.165, 1.54) is 0 Å². The molecule has 0 bridgehead atoms. The van der Waals surface area contributed by atoms with Gasteiger partial charge in [-0.3, -0.25) is 4.79 Å². The molecule has 10 nitrogen and oxygen atoms in total. The molecule has 1 aromatic heterocycles. The molecule has 39 heavy (non-hydrogen) atoms. The summed E-state index contributed by atoms with van der Waals surface area (Å²) in [4.78, 5) is 28.0. The molecule has 3 N–H and O–H groups in total. The second kappa shape index (κ2) is 13.6. The lowest BCUT2D eigenvalue weighted by Crippen LogP contribution is -2.38. The van der Waals surface area contributed by atoms with Gasteiger partial charge >= 0.3 is 12.0 Å². The number of nitrogens with zero attached hydrogens (tertiary/aromatic N) is 2. The summed E-state index contributed by atoms with van der Waals surface area (Å²) < 4.78 is 19.7. The Balaban J connectivity index is 1.47. The van der Waals surface area contributed by atoms with Gasteiger partial charge in [0.25, 0.3) is 0 Å². The number of carbonyl (C=O) groups excluding carboxylic acids is 2. The van der Waals surface area contributed by atoms with Gasteiger partial charge in [-0.25, -0.2) is 9.78 Å². The summed E-state index contributed by atoms with van der Waals surface area (Å²) >= 11 is 1.63. The Morgan fingerprint density at radius 1 is 1.10 bits per heavy atom. The first-order valence-electron chi connectivity index (χ1n) is 12.8. The molecule has 0 spiro atoms. The second-order valence-electron chi connectivity index (χ2n) is 9.19. The summed E-state index contributed by atoms with van der Waals surface area (Å²) in [6.07, 6.45) is 2.71. The van der Waals surface area contributed by atoms with Crippen molar-refractivity contribution in [3.05, 3.63) is 77.6 Å². The molecular formula is C28H34N4O6S. The normalized spacial score (nSPS) is 20.8. The summed E-state index contributed by atoms with van der Waals surface area (Å²) in [5.41, 5.74) is 3.22. The first-order chi connectivity index (χ1) is 18.9. The van der Waals surface area contributed by atoms with Crippen LogP contribution in [0.1, 0.15) is 42.9 Å². The van der Waals surface area contributed by atoms with Gasteiger partial charge in [0.05, 0.1) is 25.4 Å². The van der Waals surface area contributed by atoms with E-state index in [9.17, 15) is 14.7 Å². The summed E-state index contributed by atoms with van der Waals surface area (Å²) in [6, 6.07) is 14.5. The third-order valence-electron chi connectivity index (χ3n) is 6.42. The zero-order valence-electron chi connectivity index (χ0n) is 22.2. The molecule has 11 heteroatoms. The van der Waals surface area contributed by atoms with Gasteiger partial charge in [-0.15, -0.1) is 0 Å². The van der Waals surface area contributed by atoms with Crippen molar-refractivity contribution in [1.29, 1.82) is 0 Å². The van der Waals surface area contributed by atoms with Gasteiger partial charge in [-0.05, 0) is 30.2 Å². The van der Waals surface area contributed by atoms with Crippen molar-refractivity contribution >= 4 is 29.4 Å². The summed E-state index contributed by atoms with van der Waals surface area (Å²) in [6.45, 7) is 3.85. The Kier molecular flexibility index (Phi) is 9.99. The molecule has 0 aliphatic carbocycles. The molecule has 4 rings (SSSR count). The number of hydrogen-bond donors (Lipinski definition) is 3. The number of imidazole rings is 1. The van der Waals surface area contributed by atoms with Crippen molar-refractivity contribution in [3.63, 3.8) is 0 Å². The number of amides is 2. The van der Waals surface area contributed by atoms with E-state index in [4.69, 9.17) is 14.2 Å². The SMILES string of the molecule is CCOC(=O)CNC(=O)Nc1ccc([C@H]2O[C@@H](CSc3nccn3C)[C@@H](C)[C@@H](c3ccc(CO)cc3)O2)cc1. The van der Waals surface area contributed by atoms with Crippen molar-refractivity contribution < 1.29 is 28.9 Å². The fourth-order valence-corrected chi connectivity index (χ4v) is 5.32. The average Bonchev–Trinajstić information content (AvgIpc) is 3.36. The summed E-state index contributed by atoms with van der Waals surface area (Å²) in [7, 11) is 1.96. The van der Waals surface area contributed by atoms with E-state index in [-0.39, 0.29) is 37.9 Å². The van der Waals surface area contributed by atoms with E-state index < -0.39 is 18.3 Å². The molecule has 1 saturated heterocycles. The van der Waals surface area contributed by atoms with Crippen molar-refractivity contribution in [2.75, 3.05) is 24.2 Å². The number of benzene rings is 2. The van der Waals surface area contributed by atoms with Crippen LogP contribution in [0.4, 0.5) is 10.5 Å². The minimum absolute atomic E-state index is 0.0166. The number of aromatic nitrogens is 2. The highest BCUT2D eigenvalue weighted by Crippen LogP contribution is 2.43. The number of nitrogens with one attached hydrogen (secondary N) is 2. The molecule has 208 valence electrons. The van der Waals surface area contributed by atoms with Crippen LogP contribution in [-0.4, -0.2) is 51.7 Å². The fraction of sp³-hybridized carbons (Fsp3) is 0.393. The fourth-order valence-electron chi connectivity index (χ4n) is 4.22. The lowest BCUT2D eigenvalue weighted by atomic mass is 9.91. The molecule has 0 radical (unpaired) electrons. The van der Waals surface area contributed by atoms with Gasteiger partial charge in [0.1, 0.15) is 6.54 Å². The van der Waals surface area contributed by atoms with Crippen LogP contribution in [0.3, 0.4) is 0 Å². The van der Waals surface area contributed by atoms with Crippen molar-refractivity contribution in [2.45, 2.75) is 44.1 Å². The first kappa shape index (κ1) is 28.6. The number of aryl methyl sites for hydroxylation is 1. The summed E-state index contributed by atoms with van der Waals surface area (Å²) in [5.74, 6) is 0.246. The zero-order chi connectivity index (χ0) is 27.8. The molecule has 1 aliphatic heterocycles. The number of hydrogen-bond acceptors (Lipinski definition) is 8. The highest BCUT2D eigenvalue weighted by atomic mass is 32.2. The average molecular weight is 555 g/mol. The highest BCUT2D eigenvalue weighted by molar-refractivity contribution is 7.99. The number of aliphatic hydroxyl groups is 1. The maximum absolute atomic E-state index is 12.1. The Morgan fingerprint density at radius 3 is 2.46 bits per heavy atom. The van der Waals surface area contributed by atoms with E-state index in [1.54, 1.807) is 37.0 Å². The Morgan fingerprint density at radius 2 is 1.82 bits per heavy atom. The van der Waals surface area contributed by atoms with Gasteiger partial charge in [0, 0.05) is 42.4 Å². The van der Waals surface area contributed by atoms with Crippen molar-refractivity contribution in [2.24, 2.45) is 13.0 Å². The standard InChI is InChI=1S/C28H34N4O6S/c1-4-36-24(34)15-30-27(35)31-22-11-9-21(10-12-22)26-37-23(17-39-28-29-13-14-32(28)3)18(2)25(38-26)20-7-5-19(16-33)6-8-20/h5-14,18,23,25-26,33H,4,15-17H2,1-3H3,(H2,30,31,35)/t18-,23+,25+,26+/m1/s1. The molecule has 2 heterocycles. The van der Waals surface area contributed by atoms with Crippen LogP contribution >= 0.6 is 11.8 Å². The number of aliphatic hydroxyl groups excluding tert-OH is 1. The van der Waals surface area contributed by atoms with Crippen LogP contribution in [0.25, 0.3) is 0 Å². The quantitative estimate of drug-likeness (QED) is 0.252. The number of carbonyl (C=O) groups is 2. The Bertz CT molecular complexity index is 1230. The third kappa shape index (κ3) is 7.60. The predicted octanol–water partition coefficient (Wildman–Crippen LogP) is 4.18. The number of urea groups is 1. The van der Waals surface area contributed by atoms with Gasteiger partial charge < -0.3 is 34.5 Å². The van der Waals surface area contributed by atoms with Crippen LogP contribution in [0.5, 0.6) is 0 Å². The molecule has 1 fully saturated rings. The molecule has 2 amide bonds. The van der Waals surface area contributed by atoms with Crippen LogP contribution in [0.15, 0.2) is 66.1 Å². The second-order valence-corrected chi connectivity index (χ2v) is 10.2. The lowest BCUT2D eigenvalue weighted by Gasteiger charge is -2.41. The molecule has 4 atom stereocenters. The monoisotopic (exact) mass is 554 g/mol. The van der Waals surface area contributed by atoms with E-state index >= 15 is 0 Å². The molecule has 3 aromatic rings. The van der Waals surface area contributed by atoms with E-state index in [1.807, 2.05) is 54.2 Å². The maximum atomic E-state index is 12.1. The van der Waals surface area contributed by atoms with E-state index in [2.05, 4.69) is 22.5 Å². The zero-order valence-corrected chi connectivity index (χ0v) is 23.0. The van der Waals surface area contributed by atoms with Crippen LogP contribution < -0.4 is 10.6 Å². The number of rotatable bonds is 10. The molecule has 0 saturated carbocycles. The predicted molar refractivity (Wildman–Crippen MR) is 147 cm³/mol. The van der Waals surface area contributed by atoms with Crippen molar-refractivity contribution in [3.8, 4) is 0 Å². The number of ether oxygens (including phenoxy) is 3. The molecule has 1 aliphatic rings. The minimum Gasteiger partial charge on any atom is -0.465 e. The Labute approximate surface area is 232 Å². The highest BCUT2D eigenvalue weighted by Gasteiger charge is 2.38. The molecule has 0 unspecified atom stereocenters. The van der Waals surface area contributed by atoms with Crippen LogP contribution in [0, 0.1) is 5.92 Å². The lowest BCUT2D eigenvalue weighted by molar-refractivity contribution is -0.268. The maximum Gasteiger partial charge on any atom is 0.325 e. The molecule has 2 aromatic carbocycles. The Hall–Kier alpha value is -3.38. The van der Waals surface area contributed by atoms with Crippen molar-refractivity contribution in [1.82, 2.24) is 14.9 Å². The van der Waals surface area contributed by atoms with Gasteiger partial charge in [0.15, 0.2) is 11.4 Å². The summed E-state index contributed by atoms with van der Waals surface area (Å²) in [5, 5.41) is 15.5. The van der Waals surface area contributed by atoms with Gasteiger partial charge in [-0.2, -0.15) is 0 Å². The van der Waals surface area contributed by atoms with Gasteiger partial charge in [0.2, 0.25) is 0 Å². The third-order valence-corrected chi connectivity index (χ3v) is 7.56. The number of anilines is 1.